The molecule has 0 rings (SSSR count). The summed E-state index contributed by atoms with van der Waals surface area (Å²) in [6, 6.07) is 0.342. The van der Waals surface area contributed by atoms with Gasteiger partial charge >= 0.3 is 0 Å². The van der Waals surface area contributed by atoms with Crippen LogP contribution in [0.2, 0.25) is 0 Å². The van der Waals surface area contributed by atoms with Gasteiger partial charge < -0.3 is 10.6 Å². The number of carbonyl (C=O) groups is 1. The van der Waals surface area contributed by atoms with Crippen LogP contribution in [-0.4, -0.2) is 25.5 Å². The molecule has 0 saturated heterocycles. The molecule has 74 valence electrons. The van der Waals surface area contributed by atoms with Gasteiger partial charge in [0.25, 0.3) is 0 Å². The number of nitrogens with one attached hydrogen (secondary N) is 2. The summed E-state index contributed by atoms with van der Waals surface area (Å²) in [6.45, 7) is 2.77. The van der Waals surface area contributed by atoms with Crippen molar-refractivity contribution in [2.45, 2.75) is 32.2 Å². The van der Waals surface area contributed by atoms with Crippen molar-refractivity contribution in [1.82, 2.24) is 10.6 Å². The lowest BCUT2D eigenvalue weighted by Gasteiger charge is -2.13. The highest BCUT2D eigenvalue weighted by atomic mass is 16.1. The lowest BCUT2D eigenvalue weighted by atomic mass is 10.1. The van der Waals surface area contributed by atoms with Crippen LogP contribution in [0.25, 0.3) is 0 Å². The van der Waals surface area contributed by atoms with E-state index in [4.69, 9.17) is 6.42 Å². The molecule has 0 radical (unpaired) electrons. The normalized spacial score (nSPS) is 11.8. The molecular formula is C10H18N2O. The third-order valence-electron chi connectivity index (χ3n) is 1.92. The predicted octanol–water partition coefficient (Wildman–Crippen LogP) is 0.514. The maximum Gasteiger partial charge on any atom is 0.221 e. The summed E-state index contributed by atoms with van der Waals surface area (Å²) in [4.78, 5) is 10.8. The summed E-state index contributed by atoms with van der Waals surface area (Å²) in [5.41, 5.74) is 0. The van der Waals surface area contributed by atoms with Crippen molar-refractivity contribution in [2.24, 2.45) is 0 Å². The fraction of sp³-hybridized carbons (Fsp3) is 0.700. The second-order valence-electron chi connectivity index (χ2n) is 2.89. The van der Waals surface area contributed by atoms with Gasteiger partial charge in [0.05, 0.1) is 0 Å². The van der Waals surface area contributed by atoms with Crippen LogP contribution < -0.4 is 10.6 Å². The minimum atomic E-state index is 0.0584. The lowest BCUT2D eigenvalue weighted by Crippen LogP contribution is -2.32. The van der Waals surface area contributed by atoms with Crippen molar-refractivity contribution in [3.63, 3.8) is 0 Å². The van der Waals surface area contributed by atoms with Crippen molar-refractivity contribution in [3.8, 4) is 12.3 Å². The molecule has 3 nitrogen and oxygen atoms in total. The molecule has 0 saturated carbocycles. The topological polar surface area (TPSA) is 41.1 Å². The second-order valence-corrected chi connectivity index (χ2v) is 2.89. The minimum Gasteiger partial charge on any atom is -0.359 e. The Morgan fingerprint density at radius 3 is 2.77 bits per heavy atom. The first kappa shape index (κ1) is 12.0. The summed E-state index contributed by atoms with van der Waals surface area (Å²) in [7, 11) is 1.64. The van der Waals surface area contributed by atoms with E-state index in [1.165, 1.54) is 0 Å². The standard InChI is InChI=1S/C10H18N2O/c1-4-6-9(5-2)12-8-7-10(13)11-3/h1,9,12H,5-8H2,2-3H3,(H,11,13). The number of rotatable bonds is 6. The number of hydrogen-bond donors (Lipinski definition) is 2. The van der Waals surface area contributed by atoms with Crippen LogP contribution in [0.3, 0.4) is 0 Å². The molecule has 1 atom stereocenters. The molecule has 0 bridgehead atoms. The predicted molar refractivity (Wildman–Crippen MR) is 54.2 cm³/mol. The second kappa shape index (κ2) is 7.63. The van der Waals surface area contributed by atoms with Gasteiger partial charge in [0.15, 0.2) is 0 Å². The third kappa shape index (κ3) is 6.18. The van der Waals surface area contributed by atoms with E-state index in [1.807, 2.05) is 0 Å². The van der Waals surface area contributed by atoms with Gasteiger partial charge in [0.1, 0.15) is 0 Å². The Morgan fingerprint density at radius 1 is 1.62 bits per heavy atom. The Balaban J connectivity index is 3.50. The van der Waals surface area contributed by atoms with Gasteiger partial charge in [-0.05, 0) is 6.42 Å². The number of carbonyl (C=O) groups excluding carboxylic acids is 1. The van der Waals surface area contributed by atoms with Crippen LogP contribution in [-0.2, 0) is 4.79 Å². The molecule has 0 spiro atoms. The van der Waals surface area contributed by atoms with Crippen molar-refractivity contribution in [1.29, 1.82) is 0 Å². The molecular weight excluding hydrogens is 164 g/mol. The average molecular weight is 182 g/mol. The fourth-order valence-electron chi connectivity index (χ4n) is 1.02. The van der Waals surface area contributed by atoms with Gasteiger partial charge in [-0.25, -0.2) is 0 Å². The Labute approximate surface area is 80.3 Å². The highest BCUT2D eigenvalue weighted by Crippen LogP contribution is 1.95. The molecule has 0 aliphatic carbocycles. The summed E-state index contributed by atoms with van der Waals surface area (Å²) in [5.74, 6) is 2.67. The molecule has 2 N–H and O–H groups in total. The maximum atomic E-state index is 10.8. The zero-order valence-corrected chi connectivity index (χ0v) is 8.39. The lowest BCUT2D eigenvalue weighted by molar-refractivity contribution is -0.120. The zero-order valence-electron chi connectivity index (χ0n) is 8.39. The Hall–Kier alpha value is -1.01. The average Bonchev–Trinajstić information content (AvgIpc) is 2.16. The molecule has 0 aliphatic rings. The van der Waals surface area contributed by atoms with Gasteiger partial charge in [-0.3, -0.25) is 4.79 Å². The van der Waals surface area contributed by atoms with Crippen molar-refractivity contribution >= 4 is 5.91 Å². The highest BCUT2D eigenvalue weighted by molar-refractivity contribution is 5.75. The van der Waals surface area contributed by atoms with Crippen molar-refractivity contribution < 1.29 is 4.79 Å². The maximum absolute atomic E-state index is 10.8. The molecule has 0 heterocycles. The van der Waals surface area contributed by atoms with E-state index in [1.54, 1.807) is 7.05 Å². The van der Waals surface area contributed by atoms with E-state index in [2.05, 4.69) is 23.5 Å². The first-order chi connectivity index (χ1) is 6.24. The van der Waals surface area contributed by atoms with Gasteiger partial charge in [-0.15, -0.1) is 12.3 Å². The van der Waals surface area contributed by atoms with Crippen molar-refractivity contribution in [2.75, 3.05) is 13.6 Å². The monoisotopic (exact) mass is 182 g/mol. The SMILES string of the molecule is C#CCC(CC)NCCC(=O)NC. The quantitative estimate of drug-likeness (QED) is 0.588. The Kier molecular flexibility index (Phi) is 7.04. The summed E-state index contributed by atoms with van der Waals surface area (Å²) >= 11 is 0. The van der Waals surface area contributed by atoms with Gasteiger partial charge in [-0.1, -0.05) is 6.92 Å². The molecule has 1 unspecified atom stereocenters. The molecule has 0 fully saturated rings. The number of terminal acetylenes is 1. The van der Waals surface area contributed by atoms with Gasteiger partial charge in [-0.2, -0.15) is 0 Å². The van der Waals surface area contributed by atoms with Crippen LogP contribution in [0.15, 0.2) is 0 Å². The number of hydrogen-bond acceptors (Lipinski definition) is 2. The minimum absolute atomic E-state index is 0.0584. The molecule has 3 heteroatoms. The Morgan fingerprint density at radius 2 is 2.31 bits per heavy atom. The number of amides is 1. The van der Waals surface area contributed by atoms with Gasteiger partial charge in [0.2, 0.25) is 5.91 Å². The molecule has 0 aromatic rings. The molecule has 1 amide bonds. The van der Waals surface area contributed by atoms with E-state index in [9.17, 15) is 4.79 Å². The van der Waals surface area contributed by atoms with Crippen LogP contribution >= 0.6 is 0 Å². The first-order valence-corrected chi connectivity index (χ1v) is 4.62. The van der Waals surface area contributed by atoms with Crippen LogP contribution in [0, 0.1) is 12.3 Å². The summed E-state index contributed by atoms with van der Waals surface area (Å²) in [5, 5.41) is 5.80. The molecule has 0 aromatic carbocycles. The van der Waals surface area contributed by atoms with E-state index < -0.39 is 0 Å². The first-order valence-electron chi connectivity index (χ1n) is 4.62. The highest BCUT2D eigenvalue weighted by Gasteiger charge is 2.03. The van der Waals surface area contributed by atoms with E-state index in [0.717, 1.165) is 12.8 Å². The molecule has 13 heavy (non-hydrogen) atoms. The van der Waals surface area contributed by atoms with Crippen molar-refractivity contribution in [3.05, 3.63) is 0 Å². The molecule has 0 aliphatic heterocycles. The van der Waals surface area contributed by atoms with E-state index in [-0.39, 0.29) is 5.91 Å². The van der Waals surface area contributed by atoms with E-state index >= 15 is 0 Å². The summed E-state index contributed by atoms with van der Waals surface area (Å²) < 4.78 is 0. The Bertz CT molecular complexity index is 184. The zero-order chi connectivity index (χ0) is 10.1. The van der Waals surface area contributed by atoms with Gasteiger partial charge in [0, 0.05) is 32.5 Å². The largest absolute Gasteiger partial charge is 0.359 e. The fourth-order valence-corrected chi connectivity index (χ4v) is 1.02. The molecule has 0 aromatic heterocycles. The third-order valence-corrected chi connectivity index (χ3v) is 1.92. The van der Waals surface area contributed by atoms with Crippen LogP contribution in [0.5, 0.6) is 0 Å². The van der Waals surface area contributed by atoms with Crippen LogP contribution in [0.1, 0.15) is 26.2 Å². The van der Waals surface area contributed by atoms with E-state index in [0.29, 0.717) is 19.0 Å². The smallest absolute Gasteiger partial charge is 0.221 e. The van der Waals surface area contributed by atoms with Crippen LogP contribution in [0.4, 0.5) is 0 Å². The summed E-state index contributed by atoms with van der Waals surface area (Å²) in [6.07, 6.45) is 7.43.